The van der Waals surface area contributed by atoms with E-state index in [1.165, 1.54) is 19.0 Å². The quantitative estimate of drug-likeness (QED) is 0.366. The Balaban J connectivity index is 0.00000320. The second kappa shape index (κ2) is 9.62. The normalized spacial score (nSPS) is 22.6. The molecule has 1 aliphatic carbocycles. The van der Waals surface area contributed by atoms with E-state index in [1.54, 1.807) is 0 Å². The Kier molecular flexibility index (Phi) is 7.88. The molecular formula is C22H25ClF5NO. The van der Waals surface area contributed by atoms with E-state index in [-0.39, 0.29) is 18.8 Å². The minimum absolute atomic E-state index is 0. The van der Waals surface area contributed by atoms with Gasteiger partial charge in [0.05, 0.1) is 5.60 Å². The lowest BCUT2D eigenvalue weighted by molar-refractivity contribution is -0.0783. The lowest BCUT2D eigenvalue weighted by Gasteiger charge is -2.46. The smallest absolute Gasteiger partial charge is 0.200 e. The van der Waals surface area contributed by atoms with Crippen LogP contribution in [0.5, 0.6) is 0 Å². The Morgan fingerprint density at radius 3 is 2.00 bits per heavy atom. The van der Waals surface area contributed by atoms with E-state index < -0.39 is 52.2 Å². The molecule has 1 N–H and O–H groups in total. The topological polar surface area (TPSA) is 23.5 Å². The summed E-state index contributed by atoms with van der Waals surface area (Å²) >= 11 is 0. The Morgan fingerprint density at radius 1 is 0.933 bits per heavy atom. The molecule has 1 aliphatic rings. The predicted octanol–water partition coefficient (Wildman–Crippen LogP) is 5.57. The third kappa shape index (κ3) is 4.48. The molecule has 0 amide bonds. The van der Waals surface area contributed by atoms with Gasteiger partial charge in [-0.05, 0) is 32.5 Å². The van der Waals surface area contributed by atoms with Crippen molar-refractivity contribution in [1.82, 2.24) is 4.90 Å². The Morgan fingerprint density at radius 2 is 1.47 bits per heavy atom. The summed E-state index contributed by atoms with van der Waals surface area (Å²) in [6.07, 6.45) is 2.44. The van der Waals surface area contributed by atoms with E-state index in [0.29, 0.717) is 19.3 Å². The molecule has 1 saturated carbocycles. The SMILES string of the molecule is CN(C)C(c1c(F)c(F)c(F)c(F)c1F)C1CCCCC1(O)Cc1ccccc1.Cl. The fourth-order valence-electron chi connectivity index (χ4n) is 4.57. The first-order valence-corrected chi connectivity index (χ1v) is 9.61. The lowest BCUT2D eigenvalue weighted by atomic mass is 9.67. The average Bonchev–Trinajstić information content (AvgIpc) is 2.69. The highest BCUT2D eigenvalue weighted by Gasteiger charge is 2.47. The van der Waals surface area contributed by atoms with Crippen molar-refractivity contribution in [3.8, 4) is 0 Å². The maximum Gasteiger partial charge on any atom is 0.200 e. The Bertz CT molecular complexity index is 851. The largest absolute Gasteiger partial charge is 0.389 e. The molecule has 0 radical (unpaired) electrons. The summed E-state index contributed by atoms with van der Waals surface area (Å²) in [5.41, 5.74) is -1.38. The number of aliphatic hydroxyl groups is 1. The highest BCUT2D eigenvalue weighted by Crippen LogP contribution is 2.47. The van der Waals surface area contributed by atoms with Crippen molar-refractivity contribution >= 4 is 12.4 Å². The monoisotopic (exact) mass is 449 g/mol. The number of nitrogens with zero attached hydrogens (tertiary/aromatic N) is 1. The van der Waals surface area contributed by atoms with Crippen LogP contribution in [0.3, 0.4) is 0 Å². The highest BCUT2D eigenvalue weighted by atomic mass is 35.5. The van der Waals surface area contributed by atoms with Gasteiger partial charge in [0.1, 0.15) is 0 Å². The second-order valence-electron chi connectivity index (χ2n) is 8.01. The molecule has 0 aliphatic heterocycles. The third-order valence-corrected chi connectivity index (χ3v) is 5.90. The van der Waals surface area contributed by atoms with Crippen LogP contribution in [0, 0.1) is 35.0 Å². The summed E-state index contributed by atoms with van der Waals surface area (Å²) in [6.45, 7) is 0. The number of benzene rings is 2. The summed E-state index contributed by atoms with van der Waals surface area (Å²) in [4.78, 5) is 1.42. The molecule has 30 heavy (non-hydrogen) atoms. The van der Waals surface area contributed by atoms with Gasteiger partial charge in [0.15, 0.2) is 23.3 Å². The number of hydrogen-bond donors (Lipinski definition) is 1. The lowest BCUT2D eigenvalue weighted by Crippen LogP contribution is -2.49. The minimum Gasteiger partial charge on any atom is -0.389 e. The highest BCUT2D eigenvalue weighted by molar-refractivity contribution is 5.85. The zero-order chi connectivity index (χ0) is 21.3. The zero-order valence-corrected chi connectivity index (χ0v) is 17.6. The van der Waals surface area contributed by atoms with Crippen molar-refractivity contribution in [3.05, 3.63) is 70.5 Å². The summed E-state index contributed by atoms with van der Waals surface area (Å²) in [7, 11) is 3.03. The fraction of sp³-hybridized carbons (Fsp3) is 0.455. The Hall–Kier alpha value is -1.70. The van der Waals surface area contributed by atoms with Crippen LogP contribution < -0.4 is 0 Å². The standard InChI is InChI=1S/C22H24F5NO.ClH/c1-28(2)21(15-16(23)18(25)20(27)19(26)17(15)24)14-10-6-7-11-22(14,29)12-13-8-4-3-5-9-13;/h3-5,8-9,14,21,29H,6-7,10-12H2,1-2H3;1H. The fourth-order valence-corrected chi connectivity index (χ4v) is 4.57. The summed E-state index contributed by atoms with van der Waals surface area (Å²) < 4.78 is 70.6. The molecule has 2 aromatic rings. The van der Waals surface area contributed by atoms with Crippen LogP contribution in [0.15, 0.2) is 30.3 Å². The van der Waals surface area contributed by atoms with Gasteiger partial charge in [-0.2, -0.15) is 0 Å². The van der Waals surface area contributed by atoms with Crippen molar-refractivity contribution in [1.29, 1.82) is 0 Å². The maximum absolute atomic E-state index is 14.6. The van der Waals surface area contributed by atoms with Crippen molar-refractivity contribution in [2.24, 2.45) is 5.92 Å². The van der Waals surface area contributed by atoms with Crippen LogP contribution in [-0.4, -0.2) is 29.7 Å². The van der Waals surface area contributed by atoms with Gasteiger partial charge in [-0.25, -0.2) is 22.0 Å². The molecule has 166 valence electrons. The van der Waals surface area contributed by atoms with Gasteiger partial charge in [0.25, 0.3) is 0 Å². The summed E-state index contributed by atoms with van der Waals surface area (Å²) in [5, 5.41) is 11.5. The molecule has 0 spiro atoms. The number of halogens is 6. The van der Waals surface area contributed by atoms with Gasteiger partial charge in [-0.3, -0.25) is 0 Å². The van der Waals surface area contributed by atoms with E-state index in [9.17, 15) is 27.1 Å². The van der Waals surface area contributed by atoms with Crippen molar-refractivity contribution in [2.75, 3.05) is 14.1 Å². The molecule has 2 nitrogen and oxygen atoms in total. The van der Waals surface area contributed by atoms with Crippen LogP contribution in [0.25, 0.3) is 0 Å². The van der Waals surface area contributed by atoms with Crippen molar-refractivity contribution in [2.45, 2.75) is 43.7 Å². The van der Waals surface area contributed by atoms with E-state index in [1.807, 2.05) is 30.3 Å². The van der Waals surface area contributed by atoms with E-state index >= 15 is 0 Å². The first-order chi connectivity index (χ1) is 13.7. The summed E-state index contributed by atoms with van der Waals surface area (Å²) in [5.74, 6) is -10.5. The molecule has 0 aromatic heterocycles. The maximum atomic E-state index is 14.6. The van der Waals surface area contributed by atoms with Gasteiger partial charge in [0, 0.05) is 23.9 Å². The third-order valence-electron chi connectivity index (χ3n) is 5.90. The molecule has 0 saturated heterocycles. The summed E-state index contributed by atoms with van der Waals surface area (Å²) in [6, 6.07) is 7.99. The van der Waals surface area contributed by atoms with Crippen LogP contribution >= 0.6 is 12.4 Å². The molecular weight excluding hydrogens is 425 g/mol. The van der Waals surface area contributed by atoms with E-state index in [0.717, 1.165) is 12.0 Å². The van der Waals surface area contributed by atoms with Gasteiger partial charge < -0.3 is 10.0 Å². The predicted molar refractivity (Wildman–Crippen MR) is 107 cm³/mol. The molecule has 3 atom stereocenters. The van der Waals surface area contributed by atoms with Gasteiger partial charge in [0.2, 0.25) is 5.82 Å². The zero-order valence-electron chi connectivity index (χ0n) is 16.8. The number of hydrogen-bond acceptors (Lipinski definition) is 2. The van der Waals surface area contributed by atoms with Gasteiger partial charge in [-0.1, -0.05) is 43.2 Å². The molecule has 0 bridgehead atoms. The van der Waals surface area contributed by atoms with Crippen LogP contribution in [0.4, 0.5) is 22.0 Å². The molecule has 3 rings (SSSR count). The first kappa shape index (κ1) is 24.6. The van der Waals surface area contributed by atoms with Crippen LogP contribution in [0.1, 0.15) is 42.9 Å². The first-order valence-electron chi connectivity index (χ1n) is 9.61. The van der Waals surface area contributed by atoms with E-state index in [2.05, 4.69) is 0 Å². The van der Waals surface area contributed by atoms with Gasteiger partial charge >= 0.3 is 0 Å². The molecule has 3 unspecified atom stereocenters. The van der Waals surface area contributed by atoms with E-state index in [4.69, 9.17) is 0 Å². The number of rotatable bonds is 5. The van der Waals surface area contributed by atoms with Crippen LogP contribution in [0.2, 0.25) is 0 Å². The van der Waals surface area contributed by atoms with Crippen molar-refractivity contribution in [3.63, 3.8) is 0 Å². The molecule has 8 heteroatoms. The molecule has 2 aromatic carbocycles. The Labute approximate surface area is 179 Å². The molecule has 0 heterocycles. The van der Waals surface area contributed by atoms with Crippen LogP contribution in [-0.2, 0) is 6.42 Å². The van der Waals surface area contributed by atoms with Crippen molar-refractivity contribution < 1.29 is 27.1 Å². The average molecular weight is 450 g/mol. The van der Waals surface area contributed by atoms with Gasteiger partial charge in [-0.15, -0.1) is 12.4 Å². The minimum atomic E-state index is -2.18. The second-order valence-corrected chi connectivity index (χ2v) is 8.01. The molecule has 1 fully saturated rings.